The third-order valence-corrected chi connectivity index (χ3v) is 3.72. The van der Waals surface area contributed by atoms with Gasteiger partial charge >= 0.3 is 6.43 Å². The second-order valence-electron chi connectivity index (χ2n) is 2.23. The Bertz CT molecular complexity index is 308. The van der Waals surface area contributed by atoms with Gasteiger partial charge in [-0.05, 0) is 33.8 Å². The van der Waals surface area contributed by atoms with Gasteiger partial charge in [0.15, 0.2) is 0 Å². The molecule has 0 radical (unpaired) electrons. The topological polar surface area (TPSA) is 17.1 Å². The van der Waals surface area contributed by atoms with Gasteiger partial charge in [0.25, 0.3) is 0 Å². The molecule has 1 rings (SSSR count). The molecular weight excluding hydrogens is 250 g/mol. The number of ketones is 1. The van der Waals surface area contributed by atoms with E-state index < -0.39 is 12.2 Å². The lowest BCUT2D eigenvalue weighted by atomic mass is 10.3. The monoisotopic (exact) mass is 254 g/mol. The van der Waals surface area contributed by atoms with E-state index in [1.54, 1.807) is 12.3 Å². The van der Waals surface area contributed by atoms with E-state index in [1.165, 1.54) is 0 Å². The molecular formula is C7H5BrF2OS. The molecule has 66 valence electrons. The summed E-state index contributed by atoms with van der Waals surface area (Å²) < 4.78 is 24.4. The van der Waals surface area contributed by atoms with E-state index in [0.29, 0.717) is 4.47 Å². The van der Waals surface area contributed by atoms with E-state index in [1.807, 2.05) is 0 Å². The van der Waals surface area contributed by atoms with Gasteiger partial charge in [-0.15, -0.1) is 11.3 Å². The summed E-state index contributed by atoms with van der Waals surface area (Å²) in [6, 6.07) is 0. The third kappa shape index (κ3) is 1.72. The number of rotatable bonds is 2. The van der Waals surface area contributed by atoms with Crippen molar-refractivity contribution in [3.05, 3.63) is 20.3 Å². The van der Waals surface area contributed by atoms with Gasteiger partial charge in [0.1, 0.15) is 0 Å². The number of alkyl halides is 2. The molecule has 0 fully saturated rings. The molecule has 1 aromatic heterocycles. The standard InChI is InChI=1S/C7H5BrF2OS/c1-3-2-12-6(4(3)8)5(11)7(9)10/h2,7H,1H3. The van der Waals surface area contributed by atoms with Gasteiger partial charge in [0.05, 0.1) is 4.88 Å². The molecule has 1 nitrogen and oxygen atoms in total. The summed E-state index contributed by atoms with van der Waals surface area (Å²) in [7, 11) is 0. The highest BCUT2D eigenvalue weighted by atomic mass is 79.9. The second-order valence-corrected chi connectivity index (χ2v) is 3.90. The zero-order chi connectivity index (χ0) is 9.30. The molecule has 0 aliphatic heterocycles. The largest absolute Gasteiger partial charge is 0.301 e. The third-order valence-electron chi connectivity index (χ3n) is 1.32. The van der Waals surface area contributed by atoms with Crippen LogP contribution in [-0.2, 0) is 0 Å². The Morgan fingerprint density at radius 2 is 2.25 bits per heavy atom. The lowest BCUT2D eigenvalue weighted by Gasteiger charge is -1.95. The fourth-order valence-corrected chi connectivity index (χ4v) is 2.32. The Morgan fingerprint density at radius 3 is 2.58 bits per heavy atom. The number of hydrogen-bond acceptors (Lipinski definition) is 2. The molecule has 0 aliphatic carbocycles. The smallest absolute Gasteiger partial charge is 0.287 e. The first-order valence-corrected chi connectivity index (χ1v) is 4.77. The number of thiophene rings is 1. The highest BCUT2D eigenvalue weighted by Gasteiger charge is 2.22. The minimum Gasteiger partial charge on any atom is -0.287 e. The molecule has 0 amide bonds. The summed E-state index contributed by atoms with van der Waals surface area (Å²) in [6.07, 6.45) is -2.92. The quantitative estimate of drug-likeness (QED) is 0.741. The minimum atomic E-state index is -2.92. The van der Waals surface area contributed by atoms with Crippen LogP contribution in [0.25, 0.3) is 0 Å². The zero-order valence-electron chi connectivity index (χ0n) is 6.11. The number of Topliss-reactive ketones (excluding diaryl/α,β-unsaturated/α-hetero) is 1. The van der Waals surface area contributed by atoms with Crippen molar-refractivity contribution in [1.29, 1.82) is 0 Å². The second kappa shape index (κ2) is 3.62. The molecule has 0 saturated carbocycles. The number of aryl methyl sites for hydroxylation is 1. The van der Waals surface area contributed by atoms with Gasteiger partial charge in [-0.3, -0.25) is 4.79 Å². The van der Waals surface area contributed by atoms with Crippen LogP contribution in [0.3, 0.4) is 0 Å². The van der Waals surface area contributed by atoms with Crippen molar-refractivity contribution < 1.29 is 13.6 Å². The van der Waals surface area contributed by atoms with Crippen LogP contribution >= 0.6 is 27.3 Å². The van der Waals surface area contributed by atoms with Crippen molar-refractivity contribution in [3.63, 3.8) is 0 Å². The zero-order valence-corrected chi connectivity index (χ0v) is 8.51. The molecule has 5 heteroatoms. The maximum atomic E-state index is 11.9. The van der Waals surface area contributed by atoms with Gasteiger partial charge in [0.2, 0.25) is 5.78 Å². The van der Waals surface area contributed by atoms with E-state index in [0.717, 1.165) is 16.9 Å². The van der Waals surface area contributed by atoms with Crippen LogP contribution in [0.2, 0.25) is 0 Å². The van der Waals surface area contributed by atoms with Crippen molar-refractivity contribution in [3.8, 4) is 0 Å². The van der Waals surface area contributed by atoms with E-state index >= 15 is 0 Å². The average molecular weight is 255 g/mol. The summed E-state index contributed by atoms with van der Waals surface area (Å²) in [5.74, 6) is -1.11. The number of hydrogen-bond donors (Lipinski definition) is 0. The highest BCUT2D eigenvalue weighted by Crippen LogP contribution is 2.29. The predicted octanol–water partition coefficient (Wildman–Crippen LogP) is 3.27. The Kier molecular flexibility index (Phi) is 2.95. The van der Waals surface area contributed by atoms with Crippen LogP contribution in [-0.4, -0.2) is 12.2 Å². The molecule has 12 heavy (non-hydrogen) atoms. The lowest BCUT2D eigenvalue weighted by Crippen LogP contribution is -2.08. The van der Waals surface area contributed by atoms with Crippen LogP contribution < -0.4 is 0 Å². The summed E-state index contributed by atoms with van der Waals surface area (Å²) in [5.41, 5.74) is 0.809. The van der Waals surface area contributed by atoms with E-state index in [2.05, 4.69) is 15.9 Å². The van der Waals surface area contributed by atoms with Crippen LogP contribution in [0.5, 0.6) is 0 Å². The maximum absolute atomic E-state index is 11.9. The van der Waals surface area contributed by atoms with Crippen molar-refractivity contribution >= 4 is 33.0 Å². The Hall–Kier alpha value is -0.290. The molecule has 0 aliphatic rings. The average Bonchev–Trinajstić information content (AvgIpc) is 2.32. The summed E-state index contributed by atoms with van der Waals surface area (Å²) in [4.78, 5) is 10.9. The fraction of sp³-hybridized carbons (Fsp3) is 0.286. The first-order chi connectivity index (χ1) is 5.54. The first-order valence-electron chi connectivity index (χ1n) is 3.10. The molecule has 0 N–H and O–H groups in total. The lowest BCUT2D eigenvalue weighted by molar-refractivity contribution is 0.0682. The van der Waals surface area contributed by atoms with E-state index in [4.69, 9.17) is 0 Å². The predicted molar refractivity (Wildman–Crippen MR) is 47.1 cm³/mol. The van der Waals surface area contributed by atoms with Gasteiger partial charge < -0.3 is 0 Å². The SMILES string of the molecule is Cc1csc(C(=O)C(F)F)c1Br. The normalized spacial score (nSPS) is 10.8. The van der Waals surface area contributed by atoms with Crippen molar-refractivity contribution in [2.24, 2.45) is 0 Å². The molecule has 0 aromatic carbocycles. The molecule has 1 heterocycles. The van der Waals surface area contributed by atoms with Crippen LogP contribution in [0.15, 0.2) is 9.85 Å². The summed E-state index contributed by atoms with van der Waals surface area (Å²) >= 11 is 4.11. The van der Waals surface area contributed by atoms with Gasteiger partial charge in [0, 0.05) is 4.47 Å². The molecule has 1 aromatic rings. The first kappa shape index (κ1) is 9.80. The summed E-state index contributed by atoms with van der Waals surface area (Å²) in [5, 5.41) is 1.67. The Balaban J connectivity index is 3.04. The molecule has 0 spiro atoms. The summed E-state index contributed by atoms with van der Waals surface area (Å²) in [6.45, 7) is 1.75. The van der Waals surface area contributed by atoms with Crippen molar-refractivity contribution in [2.45, 2.75) is 13.3 Å². The molecule has 0 saturated heterocycles. The maximum Gasteiger partial charge on any atom is 0.301 e. The molecule has 0 atom stereocenters. The van der Waals surface area contributed by atoms with Crippen LogP contribution in [0.4, 0.5) is 8.78 Å². The number of carbonyl (C=O) groups excluding carboxylic acids is 1. The highest BCUT2D eigenvalue weighted by molar-refractivity contribution is 9.10. The Morgan fingerprint density at radius 1 is 1.67 bits per heavy atom. The van der Waals surface area contributed by atoms with Gasteiger partial charge in [-0.1, -0.05) is 0 Å². The van der Waals surface area contributed by atoms with Gasteiger partial charge in [-0.2, -0.15) is 0 Å². The minimum absolute atomic E-state index is 0.0995. The Labute approximate surface area is 80.5 Å². The fourth-order valence-electron chi connectivity index (χ4n) is 0.695. The molecule has 0 bridgehead atoms. The number of halogens is 3. The van der Waals surface area contributed by atoms with Crippen molar-refractivity contribution in [1.82, 2.24) is 0 Å². The van der Waals surface area contributed by atoms with E-state index in [-0.39, 0.29) is 4.88 Å². The van der Waals surface area contributed by atoms with Gasteiger partial charge in [-0.25, -0.2) is 8.78 Å². The molecule has 0 unspecified atom stereocenters. The van der Waals surface area contributed by atoms with Crippen LogP contribution in [0, 0.1) is 6.92 Å². The van der Waals surface area contributed by atoms with Crippen LogP contribution in [0.1, 0.15) is 15.2 Å². The number of carbonyl (C=O) groups is 1. The van der Waals surface area contributed by atoms with E-state index in [9.17, 15) is 13.6 Å². The van der Waals surface area contributed by atoms with Crippen molar-refractivity contribution in [2.75, 3.05) is 0 Å².